The van der Waals surface area contributed by atoms with Crippen molar-refractivity contribution in [3.05, 3.63) is 42.0 Å². The van der Waals surface area contributed by atoms with Gasteiger partial charge in [-0.1, -0.05) is 30.3 Å². The van der Waals surface area contributed by atoms with Crippen LogP contribution in [0.2, 0.25) is 0 Å². The molecule has 2 nitrogen and oxygen atoms in total. The Bertz CT molecular complexity index is 390. The molecule has 0 aliphatic rings. The van der Waals surface area contributed by atoms with Crippen molar-refractivity contribution in [2.24, 2.45) is 0 Å². The van der Waals surface area contributed by atoms with Crippen LogP contribution in [-0.4, -0.2) is 11.1 Å². The number of aliphatic carboxylic acids is 1. The molecule has 0 atom stereocenters. The third-order valence-corrected chi connectivity index (χ3v) is 1.30. The van der Waals surface area contributed by atoms with Gasteiger partial charge in [-0.25, -0.2) is 4.79 Å². The molecule has 0 saturated carbocycles. The minimum Gasteiger partial charge on any atom is -0.478 e. The van der Waals surface area contributed by atoms with Gasteiger partial charge in [0.15, 0.2) is 0 Å². The molecule has 0 aliphatic carbocycles. The monoisotopic (exact) mass is 198 g/mol. The third kappa shape index (κ3) is 7.90. The van der Waals surface area contributed by atoms with E-state index in [1.54, 1.807) is 6.08 Å². The van der Waals surface area contributed by atoms with Crippen molar-refractivity contribution in [1.82, 2.24) is 0 Å². The molecule has 0 saturated heterocycles. The third-order valence-electron chi connectivity index (χ3n) is 1.30. The van der Waals surface area contributed by atoms with Gasteiger partial charge >= 0.3 is 5.97 Å². The maximum absolute atomic E-state index is 10.1. The summed E-state index contributed by atoms with van der Waals surface area (Å²) in [5, 5.41) is 8.29. The summed E-state index contributed by atoms with van der Waals surface area (Å²) in [7, 11) is 0. The number of carboxylic acids is 1. The first-order valence-corrected chi connectivity index (χ1v) is 4.08. The second kappa shape index (κ2) is 8.16. The fourth-order valence-corrected chi connectivity index (χ4v) is 0.732. The Kier molecular flexibility index (Phi) is 6.83. The highest BCUT2D eigenvalue weighted by molar-refractivity contribution is 5.85. The van der Waals surface area contributed by atoms with E-state index in [1.807, 2.05) is 42.2 Å². The molecule has 74 valence electrons. The van der Waals surface area contributed by atoms with E-state index >= 15 is 0 Å². The van der Waals surface area contributed by atoms with Gasteiger partial charge in [-0.15, -0.1) is 12.8 Å². The van der Waals surface area contributed by atoms with Gasteiger partial charge in [-0.05, 0) is 23.5 Å². The normalized spacial score (nSPS) is 8.13. The topological polar surface area (TPSA) is 37.3 Å². The minimum absolute atomic E-state index is 0.898. The van der Waals surface area contributed by atoms with Gasteiger partial charge in [-0.2, -0.15) is 0 Å². The number of benzene rings is 1. The van der Waals surface area contributed by atoms with E-state index in [2.05, 4.69) is 12.8 Å². The minimum atomic E-state index is -0.922. The molecule has 0 heterocycles. The highest BCUT2D eigenvalue weighted by atomic mass is 16.4. The largest absolute Gasteiger partial charge is 0.478 e. The molecule has 1 aromatic carbocycles. The number of carboxylic acid groups (broad SMARTS) is 1. The van der Waals surface area contributed by atoms with Crippen LogP contribution in [0.25, 0.3) is 6.08 Å². The number of rotatable bonds is 2. The Labute approximate surface area is 89.3 Å². The Morgan fingerprint density at radius 2 is 1.73 bits per heavy atom. The Hall–Kier alpha value is -2.45. The van der Waals surface area contributed by atoms with E-state index in [4.69, 9.17) is 5.11 Å². The first-order chi connectivity index (χ1) is 7.20. The van der Waals surface area contributed by atoms with Gasteiger partial charge < -0.3 is 5.11 Å². The zero-order valence-electron chi connectivity index (χ0n) is 8.05. The quantitative estimate of drug-likeness (QED) is 0.583. The van der Waals surface area contributed by atoms with Crippen molar-refractivity contribution in [3.8, 4) is 24.7 Å². The summed E-state index contributed by atoms with van der Waals surface area (Å²) in [5.41, 5.74) is 0.898. The zero-order valence-corrected chi connectivity index (χ0v) is 8.05. The van der Waals surface area contributed by atoms with Gasteiger partial charge in [0.1, 0.15) is 0 Å². The lowest BCUT2D eigenvalue weighted by molar-refractivity contribution is -0.131. The second-order valence-corrected chi connectivity index (χ2v) is 2.37. The van der Waals surface area contributed by atoms with Crippen molar-refractivity contribution in [3.63, 3.8) is 0 Å². The van der Waals surface area contributed by atoms with Crippen LogP contribution in [0.15, 0.2) is 36.4 Å². The van der Waals surface area contributed by atoms with Crippen LogP contribution in [0.1, 0.15) is 5.56 Å². The number of carbonyl (C=O) groups is 1. The molecule has 0 radical (unpaired) electrons. The van der Waals surface area contributed by atoms with Crippen molar-refractivity contribution < 1.29 is 9.90 Å². The fourth-order valence-electron chi connectivity index (χ4n) is 0.732. The standard InChI is InChI=1S/C9H8O2.C4H2/c10-9(11)7-6-8-4-2-1-3-5-8;1-3-4-2/h1-7H,(H,10,11);1-2H. The molecule has 1 N–H and O–H groups in total. The number of terminal acetylenes is 2. The lowest BCUT2D eigenvalue weighted by Gasteiger charge is -1.87. The fraction of sp³-hybridized carbons (Fsp3) is 0. The molecule has 0 unspecified atom stereocenters. The summed E-state index contributed by atoms with van der Waals surface area (Å²) in [6.45, 7) is 0. The molecule has 2 heteroatoms. The van der Waals surface area contributed by atoms with Crippen molar-refractivity contribution in [1.29, 1.82) is 0 Å². The van der Waals surface area contributed by atoms with Crippen LogP contribution in [0.4, 0.5) is 0 Å². The van der Waals surface area contributed by atoms with E-state index in [1.165, 1.54) is 0 Å². The molecular weight excluding hydrogens is 188 g/mol. The molecule has 15 heavy (non-hydrogen) atoms. The smallest absolute Gasteiger partial charge is 0.328 e. The summed E-state index contributed by atoms with van der Waals surface area (Å²) in [6.07, 6.45) is 11.8. The lowest BCUT2D eigenvalue weighted by atomic mass is 10.2. The van der Waals surface area contributed by atoms with Gasteiger partial charge in [0.25, 0.3) is 0 Å². The average Bonchev–Trinajstić information content (AvgIpc) is 2.28. The summed E-state index contributed by atoms with van der Waals surface area (Å²) in [4.78, 5) is 10.1. The molecule has 1 rings (SSSR count). The van der Waals surface area contributed by atoms with E-state index in [0.29, 0.717) is 0 Å². The number of hydrogen-bond donors (Lipinski definition) is 1. The average molecular weight is 198 g/mol. The van der Waals surface area contributed by atoms with Gasteiger partial charge in [0.05, 0.1) is 0 Å². The second-order valence-electron chi connectivity index (χ2n) is 2.37. The first-order valence-electron chi connectivity index (χ1n) is 4.08. The van der Waals surface area contributed by atoms with Crippen molar-refractivity contribution >= 4 is 12.0 Å². The Balaban J connectivity index is 0.000000423. The Morgan fingerprint density at radius 1 is 1.20 bits per heavy atom. The van der Waals surface area contributed by atoms with Crippen LogP contribution >= 0.6 is 0 Å². The lowest BCUT2D eigenvalue weighted by Crippen LogP contribution is -1.85. The molecule has 0 aliphatic heterocycles. The molecule has 0 amide bonds. The van der Waals surface area contributed by atoms with Crippen LogP contribution < -0.4 is 0 Å². The molecule has 0 fully saturated rings. The van der Waals surface area contributed by atoms with Crippen LogP contribution in [-0.2, 0) is 4.79 Å². The molecule has 0 bridgehead atoms. The van der Waals surface area contributed by atoms with E-state index < -0.39 is 5.97 Å². The molecular formula is C13H10O2. The summed E-state index contributed by atoms with van der Waals surface area (Å²) in [5.74, 6) is 2.99. The zero-order chi connectivity index (χ0) is 11.5. The first kappa shape index (κ1) is 12.6. The van der Waals surface area contributed by atoms with Gasteiger partial charge in [0, 0.05) is 6.08 Å². The number of hydrogen-bond acceptors (Lipinski definition) is 1. The maximum Gasteiger partial charge on any atom is 0.328 e. The summed E-state index contributed by atoms with van der Waals surface area (Å²) < 4.78 is 0. The summed E-state index contributed by atoms with van der Waals surface area (Å²) in [6, 6.07) is 9.31. The van der Waals surface area contributed by atoms with Gasteiger partial charge in [-0.3, -0.25) is 0 Å². The molecule has 0 spiro atoms. The maximum atomic E-state index is 10.1. The molecule has 1 aromatic rings. The van der Waals surface area contributed by atoms with Crippen LogP contribution in [0, 0.1) is 24.7 Å². The van der Waals surface area contributed by atoms with E-state index in [0.717, 1.165) is 11.6 Å². The van der Waals surface area contributed by atoms with E-state index in [-0.39, 0.29) is 0 Å². The highest BCUT2D eigenvalue weighted by Gasteiger charge is 1.85. The predicted octanol–water partition coefficient (Wildman–Crippen LogP) is 2.04. The van der Waals surface area contributed by atoms with Crippen molar-refractivity contribution in [2.45, 2.75) is 0 Å². The highest BCUT2D eigenvalue weighted by Crippen LogP contribution is 1.99. The van der Waals surface area contributed by atoms with E-state index in [9.17, 15) is 4.79 Å². The van der Waals surface area contributed by atoms with Crippen LogP contribution in [0.5, 0.6) is 0 Å². The van der Waals surface area contributed by atoms with Gasteiger partial charge in [0.2, 0.25) is 0 Å². The predicted molar refractivity (Wildman–Crippen MR) is 60.8 cm³/mol. The Morgan fingerprint density at radius 3 is 2.13 bits per heavy atom. The molecule has 0 aromatic heterocycles. The summed E-state index contributed by atoms with van der Waals surface area (Å²) >= 11 is 0. The van der Waals surface area contributed by atoms with Crippen LogP contribution in [0.3, 0.4) is 0 Å². The van der Waals surface area contributed by atoms with Crippen molar-refractivity contribution in [2.75, 3.05) is 0 Å². The SMILES string of the molecule is C#CC#C.O=C(O)C=Cc1ccccc1.